The number of amides is 1. The summed E-state index contributed by atoms with van der Waals surface area (Å²) >= 11 is 0. The van der Waals surface area contributed by atoms with Crippen molar-refractivity contribution in [3.63, 3.8) is 0 Å². The molecule has 6 nitrogen and oxygen atoms in total. The fourth-order valence-corrected chi connectivity index (χ4v) is 2.94. The highest BCUT2D eigenvalue weighted by Gasteiger charge is 2.13. The SMILES string of the molecule is CO[S-](=O)=Nc1ccc(CNC(=O)COc2ccc(C(C)(C)C)cc2)cc1C. The van der Waals surface area contributed by atoms with E-state index in [1.165, 1.54) is 12.7 Å². The van der Waals surface area contributed by atoms with Crippen molar-refractivity contribution in [1.29, 1.82) is 0 Å². The number of hydrogen-bond donors (Lipinski definition) is 1. The molecule has 2 aromatic carbocycles. The number of benzene rings is 2. The Bertz CT molecular complexity index is 896. The summed E-state index contributed by atoms with van der Waals surface area (Å²) in [6.45, 7) is 8.63. The number of carbonyl (C=O) groups is 1. The molecule has 1 amide bonds. The van der Waals surface area contributed by atoms with Gasteiger partial charge in [-0.1, -0.05) is 55.9 Å². The molecule has 2 aromatic rings. The van der Waals surface area contributed by atoms with Crippen molar-refractivity contribution in [2.24, 2.45) is 4.36 Å². The van der Waals surface area contributed by atoms with Crippen molar-refractivity contribution in [3.05, 3.63) is 59.2 Å². The maximum atomic E-state index is 12.0. The largest absolute Gasteiger partial charge is 0.484 e. The molecule has 0 aliphatic heterocycles. The zero-order valence-electron chi connectivity index (χ0n) is 16.9. The van der Waals surface area contributed by atoms with Gasteiger partial charge in [0, 0.05) is 19.3 Å². The standard InChI is InChI=1S/C21H27N2O4S/c1-15-12-16(6-11-19(15)23-28(25)26-5)13-22-20(24)14-27-18-9-7-17(8-10-18)21(2,3)4/h6-12H,13-14H2,1-5H3,(H,22,24)/q-1. The lowest BCUT2D eigenvalue weighted by atomic mass is 9.87. The molecular formula is C21H27N2O4S-. The number of carbonyl (C=O) groups excluding carboxylic acids is 1. The first-order valence-corrected chi connectivity index (χ1v) is 10.00. The molecule has 0 saturated carbocycles. The van der Waals surface area contributed by atoms with Gasteiger partial charge in [0.25, 0.3) is 5.91 Å². The van der Waals surface area contributed by atoms with E-state index >= 15 is 0 Å². The molecule has 0 spiro atoms. The molecule has 28 heavy (non-hydrogen) atoms. The molecule has 0 unspecified atom stereocenters. The molecule has 1 N–H and O–H groups in total. The molecule has 0 aliphatic rings. The van der Waals surface area contributed by atoms with Crippen LogP contribution >= 0.6 is 0 Å². The van der Waals surface area contributed by atoms with E-state index in [0.29, 0.717) is 18.0 Å². The van der Waals surface area contributed by atoms with Gasteiger partial charge in [-0.25, -0.2) is 0 Å². The number of hydrogen-bond acceptors (Lipinski definition) is 6. The van der Waals surface area contributed by atoms with Crippen molar-refractivity contribution in [1.82, 2.24) is 5.32 Å². The van der Waals surface area contributed by atoms with Gasteiger partial charge in [0.1, 0.15) is 5.75 Å². The van der Waals surface area contributed by atoms with Gasteiger partial charge >= 0.3 is 0 Å². The van der Waals surface area contributed by atoms with Gasteiger partial charge in [-0.15, -0.1) is 0 Å². The Labute approximate surface area is 168 Å². The molecule has 0 atom stereocenters. The third-order valence-electron chi connectivity index (χ3n) is 4.16. The van der Waals surface area contributed by atoms with E-state index in [2.05, 4.69) is 34.6 Å². The predicted octanol–water partition coefficient (Wildman–Crippen LogP) is 4.33. The third-order valence-corrected chi connectivity index (χ3v) is 4.79. The molecule has 7 heteroatoms. The van der Waals surface area contributed by atoms with Gasteiger partial charge in [0.05, 0.1) is 0 Å². The van der Waals surface area contributed by atoms with Crippen LogP contribution in [0, 0.1) is 6.92 Å². The average molecular weight is 404 g/mol. The van der Waals surface area contributed by atoms with E-state index in [-0.39, 0.29) is 17.9 Å². The second kappa shape index (κ2) is 9.71. The first kappa shape index (κ1) is 21.9. The summed E-state index contributed by atoms with van der Waals surface area (Å²) in [6.07, 6.45) is 0. The van der Waals surface area contributed by atoms with Gasteiger partial charge in [0.2, 0.25) is 0 Å². The number of ether oxygens (including phenoxy) is 1. The molecule has 0 fully saturated rings. The minimum absolute atomic E-state index is 0.0475. The maximum Gasteiger partial charge on any atom is 0.258 e. The predicted molar refractivity (Wildman–Crippen MR) is 111 cm³/mol. The molecule has 0 heterocycles. The molecule has 152 valence electrons. The zero-order chi connectivity index (χ0) is 20.7. The Kier molecular flexibility index (Phi) is 7.60. The normalized spacial score (nSPS) is 12.6. The Balaban J connectivity index is 1.85. The van der Waals surface area contributed by atoms with Crippen LogP contribution in [-0.4, -0.2) is 19.6 Å². The first-order chi connectivity index (χ1) is 13.2. The molecule has 0 radical (unpaired) electrons. The fourth-order valence-electron chi connectivity index (χ4n) is 2.50. The molecule has 0 bridgehead atoms. The summed E-state index contributed by atoms with van der Waals surface area (Å²) in [6, 6.07) is 13.2. The van der Waals surface area contributed by atoms with Crippen LogP contribution in [0.3, 0.4) is 0 Å². The highest BCUT2D eigenvalue weighted by Crippen LogP contribution is 2.24. The van der Waals surface area contributed by atoms with Crippen molar-refractivity contribution in [2.45, 2.75) is 39.7 Å². The van der Waals surface area contributed by atoms with Gasteiger partial charge in [-0.05, 0) is 47.2 Å². The summed E-state index contributed by atoms with van der Waals surface area (Å²) in [7, 11) is -0.362. The molecule has 2 rings (SSSR count). The van der Waals surface area contributed by atoms with Gasteiger partial charge < -0.3 is 22.8 Å². The average Bonchev–Trinajstić information content (AvgIpc) is 2.66. The smallest absolute Gasteiger partial charge is 0.258 e. The van der Waals surface area contributed by atoms with Crippen LogP contribution in [0.15, 0.2) is 46.8 Å². The second-order valence-corrected chi connectivity index (χ2v) is 8.39. The summed E-state index contributed by atoms with van der Waals surface area (Å²) in [5, 5.41) is 2.82. The van der Waals surface area contributed by atoms with Crippen molar-refractivity contribution >= 4 is 22.5 Å². The van der Waals surface area contributed by atoms with E-state index in [0.717, 1.165) is 11.1 Å². The number of nitrogens with one attached hydrogen (secondary N) is 1. The second-order valence-electron chi connectivity index (χ2n) is 7.44. The van der Waals surface area contributed by atoms with E-state index in [1.54, 1.807) is 6.07 Å². The van der Waals surface area contributed by atoms with Crippen molar-refractivity contribution in [3.8, 4) is 5.75 Å². The molecule has 0 saturated heterocycles. The minimum atomic E-state index is -1.69. The lowest BCUT2D eigenvalue weighted by Crippen LogP contribution is -2.28. The number of aryl methyl sites for hydroxylation is 1. The zero-order valence-corrected chi connectivity index (χ0v) is 17.8. The van der Waals surface area contributed by atoms with Crippen LogP contribution in [0.5, 0.6) is 5.75 Å². The quantitative estimate of drug-likeness (QED) is 0.698. The summed E-state index contributed by atoms with van der Waals surface area (Å²) in [5.74, 6) is 0.461. The third kappa shape index (κ3) is 6.65. The van der Waals surface area contributed by atoms with Gasteiger partial charge in [-0.2, -0.15) is 0 Å². The van der Waals surface area contributed by atoms with Crippen LogP contribution in [0.25, 0.3) is 0 Å². The van der Waals surface area contributed by atoms with Crippen LogP contribution in [0.1, 0.15) is 37.5 Å². The van der Waals surface area contributed by atoms with Gasteiger partial charge in [-0.3, -0.25) is 4.79 Å². The fraction of sp³-hybridized carbons (Fsp3) is 0.381. The summed E-state index contributed by atoms with van der Waals surface area (Å²) < 4.78 is 25.5. The van der Waals surface area contributed by atoms with E-state index in [1.807, 2.05) is 43.3 Å². The molecule has 0 aliphatic carbocycles. The number of rotatable bonds is 7. The van der Waals surface area contributed by atoms with Crippen LogP contribution in [0.4, 0.5) is 5.69 Å². The van der Waals surface area contributed by atoms with E-state index < -0.39 is 10.9 Å². The minimum Gasteiger partial charge on any atom is -0.484 e. The Hall–Kier alpha value is -2.38. The lowest BCUT2D eigenvalue weighted by molar-refractivity contribution is -0.123. The molecule has 0 aromatic heterocycles. The highest BCUT2D eigenvalue weighted by atomic mass is 32.2. The Morgan fingerprint density at radius 1 is 1.14 bits per heavy atom. The van der Waals surface area contributed by atoms with Gasteiger partial charge in [0.15, 0.2) is 6.61 Å². The van der Waals surface area contributed by atoms with E-state index in [4.69, 9.17) is 4.74 Å². The molecular weight excluding hydrogens is 376 g/mol. The maximum absolute atomic E-state index is 12.0. The topological polar surface area (TPSA) is 77.0 Å². The summed E-state index contributed by atoms with van der Waals surface area (Å²) in [5.41, 5.74) is 3.66. The van der Waals surface area contributed by atoms with Crippen molar-refractivity contribution in [2.75, 3.05) is 13.7 Å². The lowest BCUT2D eigenvalue weighted by Gasteiger charge is -2.19. The van der Waals surface area contributed by atoms with Crippen molar-refractivity contribution < 1.29 is 17.9 Å². The monoisotopic (exact) mass is 403 g/mol. The van der Waals surface area contributed by atoms with Crippen LogP contribution in [-0.2, 0) is 36.0 Å². The summed E-state index contributed by atoms with van der Waals surface area (Å²) in [4.78, 5) is 12.0. The Morgan fingerprint density at radius 3 is 2.39 bits per heavy atom. The van der Waals surface area contributed by atoms with Crippen LogP contribution < -0.4 is 10.1 Å². The van der Waals surface area contributed by atoms with Crippen LogP contribution in [0.2, 0.25) is 0 Å². The number of nitrogens with zero attached hydrogens (tertiary/aromatic N) is 1. The highest BCUT2D eigenvalue weighted by molar-refractivity contribution is 7.69. The Morgan fingerprint density at radius 2 is 1.82 bits per heavy atom. The first-order valence-electron chi connectivity index (χ1n) is 8.96. The van der Waals surface area contributed by atoms with E-state index in [9.17, 15) is 9.00 Å².